The highest BCUT2D eigenvalue weighted by Gasteiger charge is 2.63. The van der Waals surface area contributed by atoms with E-state index < -0.39 is 7.94 Å². The van der Waals surface area contributed by atoms with E-state index in [9.17, 15) is 0 Å². The molecule has 3 aliphatic rings. The van der Waals surface area contributed by atoms with E-state index in [0.29, 0.717) is 0 Å². The van der Waals surface area contributed by atoms with E-state index in [1.54, 1.807) is 0 Å². The van der Waals surface area contributed by atoms with Gasteiger partial charge in [0.2, 0.25) is 0 Å². The molecule has 5 rings (SSSR count). The number of nitrogens with zero attached hydrogens (tertiary/aromatic N) is 5. The molecule has 2 aromatic rings. The molecule has 3 fully saturated rings. The summed E-state index contributed by atoms with van der Waals surface area (Å²) in [4.78, 5) is 4.58. The Morgan fingerprint density at radius 1 is 0.731 bits per heavy atom. The van der Waals surface area contributed by atoms with Crippen LogP contribution in [0.5, 0.6) is 0 Å². The zero-order chi connectivity index (χ0) is 17.4. The Kier molecular flexibility index (Phi) is 4.61. The average molecular weight is 374 g/mol. The van der Waals surface area contributed by atoms with Gasteiger partial charge in [-0.2, -0.15) is 0 Å². The molecule has 1 aromatic heterocycles. The van der Waals surface area contributed by atoms with Crippen LogP contribution in [0.15, 0.2) is 30.6 Å². The highest BCUT2D eigenvalue weighted by atomic mass is 31.2. The fourth-order valence-electron chi connectivity index (χ4n) is 4.69. The molecule has 140 valence electrons. The zero-order valence-corrected chi connectivity index (χ0v) is 16.4. The maximum Gasteiger partial charge on any atom is 0.449 e. The van der Waals surface area contributed by atoms with Gasteiger partial charge in [-0.05, 0) is 50.7 Å². The zero-order valence-electron chi connectivity index (χ0n) is 15.5. The van der Waals surface area contributed by atoms with Crippen LogP contribution in [0.1, 0.15) is 38.5 Å². The molecule has 0 bridgehead atoms. The minimum Gasteiger partial charge on any atom is -0.233 e. The Labute approximate surface area is 156 Å². The van der Waals surface area contributed by atoms with Crippen LogP contribution in [0.25, 0.3) is 11.0 Å². The lowest BCUT2D eigenvalue weighted by molar-refractivity contribution is 0.196. The molecule has 6 nitrogen and oxygen atoms in total. The number of rotatable bonds is 5. The molecule has 0 unspecified atom stereocenters. The maximum absolute atomic E-state index is 7.05. The second kappa shape index (κ2) is 7.08. The third-order valence-electron chi connectivity index (χ3n) is 5.97. The van der Waals surface area contributed by atoms with E-state index in [1.807, 2.05) is 17.1 Å². The molecule has 26 heavy (non-hydrogen) atoms. The summed E-state index contributed by atoms with van der Waals surface area (Å²) in [5, 5.41) is 0. The van der Waals surface area contributed by atoms with Crippen molar-refractivity contribution in [3.8, 4) is 0 Å². The lowest BCUT2D eigenvalue weighted by Crippen LogP contribution is -2.47. The number of fused-ring (bicyclic) bond motifs is 1. The van der Waals surface area contributed by atoms with Gasteiger partial charge in [-0.3, -0.25) is 0 Å². The second-order valence-electron chi connectivity index (χ2n) is 7.64. The van der Waals surface area contributed by atoms with E-state index in [1.165, 1.54) is 38.5 Å². The lowest BCUT2D eigenvalue weighted by Gasteiger charge is -2.40. The molecular formula is C19H29N5OP+. The molecule has 7 heteroatoms. The summed E-state index contributed by atoms with van der Waals surface area (Å²) in [6.45, 7) is 6.96. The van der Waals surface area contributed by atoms with Gasteiger partial charge >= 0.3 is 7.94 Å². The Balaban J connectivity index is 1.59. The van der Waals surface area contributed by atoms with Crippen LogP contribution in [-0.4, -0.2) is 63.0 Å². The highest BCUT2D eigenvalue weighted by molar-refractivity contribution is 7.64. The van der Waals surface area contributed by atoms with Gasteiger partial charge < -0.3 is 0 Å². The molecule has 3 saturated heterocycles. The van der Waals surface area contributed by atoms with Crippen molar-refractivity contribution in [3.63, 3.8) is 0 Å². The summed E-state index contributed by atoms with van der Waals surface area (Å²) in [6.07, 6.45) is 9.61. The van der Waals surface area contributed by atoms with Crippen molar-refractivity contribution in [2.75, 3.05) is 39.3 Å². The molecule has 4 heterocycles. The predicted molar refractivity (Wildman–Crippen MR) is 106 cm³/mol. The van der Waals surface area contributed by atoms with Gasteiger partial charge in [0.15, 0.2) is 0 Å². The molecule has 0 N–H and O–H groups in total. The van der Waals surface area contributed by atoms with E-state index in [4.69, 9.17) is 4.62 Å². The van der Waals surface area contributed by atoms with E-state index >= 15 is 0 Å². The standard InChI is InChI=1S/C19H29N5OP/c1-2-10-19-18(9-1)20-17-24(19)25-26(21-11-3-4-12-21,22-13-5-6-14-22)23-15-7-8-16-23/h1-2,9-10,17H,3-8,11-16H2/q+1. The van der Waals surface area contributed by atoms with Gasteiger partial charge in [-0.1, -0.05) is 12.1 Å². The van der Waals surface area contributed by atoms with Gasteiger partial charge in [-0.15, -0.1) is 18.7 Å². The van der Waals surface area contributed by atoms with Crippen molar-refractivity contribution < 1.29 is 4.62 Å². The average Bonchev–Trinajstić information content (AvgIpc) is 3.49. The molecule has 1 aromatic carbocycles. The molecule has 0 radical (unpaired) electrons. The molecule has 0 atom stereocenters. The molecule has 0 aliphatic carbocycles. The van der Waals surface area contributed by atoms with Crippen LogP contribution < -0.4 is 4.62 Å². The molecule has 0 saturated carbocycles. The first-order chi connectivity index (χ1) is 12.9. The van der Waals surface area contributed by atoms with Gasteiger partial charge in [0.1, 0.15) is 11.8 Å². The van der Waals surface area contributed by atoms with Gasteiger partial charge in [0.05, 0.1) is 5.52 Å². The smallest absolute Gasteiger partial charge is 0.233 e. The minimum atomic E-state index is -2.01. The van der Waals surface area contributed by atoms with E-state index in [-0.39, 0.29) is 0 Å². The Hall–Kier alpha value is -1.20. The summed E-state index contributed by atoms with van der Waals surface area (Å²) in [7, 11) is -2.01. The first kappa shape index (κ1) is 16.9. The van der Waals surface area contributed by atoms with Crippen LogP contribution in [0.2, 0.25) is 0 Å². The summed E-state index contributed by atoms with van der Waals surface area (Å²) >= 11 is 0. The van der Waals surface area contributed by atoms with Crippen LogP contribution in [0.4, 0.5) is 0 Å². The maximum atomic E-state index is 7.05. The number of imidazole rings is 1. The Morgan fingerprint density at radius 3 is 1.77 bits per heavy atom. The quantitative estimate of drug-likeness (QED) is 0.750. The lowest BCUT2D eigenvalue weighted by atomic mass is 10.3. The van der Waals surface area contributed by atoms with Crippen LogP contribution in [-0.2, 0) is 0 Å². The van der Waals surface area contributed by atoms with Crippen molar-refractivity contribution >= 4 is 19.0 Å². The van der Waals surface area contributed by atoms with Gasteiger partial charge in [0, 0.05) is 39.3 Å². The van der Waals surface area contributed by atoms with E-state index in [0.717, 1.165) is 50.3 Å². The van der Waals surface area contributed by atoms with Crippen molar-refractivity contribution in [2.24, 2.45) is 0 Å². The third-order valence-corrected chi connectivity index (χ3v) is 9.78. The number of aromatic nitrogens is 2. The number of hydrogen-bond acceptors (Lipinski definition) is 5. The van der Waals surface area contributed by atoms with Crippen molar-refractivity contribution in [1.82, 2.24) is 23.7 Å². The SMILES string of the molecule is c1ccc2c(c1)ncn2O[P+](N1CCCC1)(N1CCCC1)N1CCCC1. The predicted octanol–water partition coefficient (Wildman–Crippen LogP) is 3.43. The second-order valence-corrected chi connectivity index (χ2v) is 10.5. The number of para-hydroxylation sites is 2. The number of hydrogen-bond donors (Lipinski definition) is 0. The van der Waals surface area contributed by atoms with E-state index in [2.05, 4.69) is 37.2 Å². The highest BCUT2D eigenvalue weighted by Crippen LogP contribution is 2.68. The van der Waals surface area contributed by atoms with Crippen LogP contribution >= 0.6 is 7.94 Å². The van der Waals surface area contributed by atoms with Crippen LogP contribution in [0.3, 0.4) is 0 Å². The molecular weight excluding hydrogens is 345 g/mol. The van der Waals surface area contributed by atoms with Gasteiger partial charge in [0.25, 0.3) is 0 Å². The Bertz CT molecular complexity index is 706. The first-order valence-electron chi connectivity index (χ1n) is 10.2. The minimum absolute atomic E-state index is 1.01. The molecule has 0 amide bonds. The Morgan fingerprint density at radius 2 is 1.23 bits per heavy atom. The summed E-state index contributed by atoms with van der Waals surface area (Å²) < 4.78 is 17.1. The molecule has 0 spiro atoms. The fourth-order valence-corrected chi connectivity index (χ4v) is 8.86. The normalized spacial score (nSPS) is 23.4. The summed E-state index contributed by atoms with van der Waals surface area (Å²) in [5.41, 5.74) is 2.09. The van der Waals surface area contributed by atoms with Crippen molar-refractivity contribution in [3.05, 3.63) is 30.6 Å². The monoisotopic (exact) mass is 374 g/mol. The molecule has 3 aliphatic heterocycles. The third kappa shape index (κ3) is 2.75. The summed E-state index contributed by atoms with van der Waals surface area (Å²) in [5.74, 6) is 0. The van der Waals surface area contributed by atoms with Crippen molar-refractivity contribution in [1.29, 1.82) is 0 Å². The van der Waals surface area contributed by atoms with Gasteiger partial charge in [-0.25, -0.2) is 9.61 Å². The van der Waals surface area contributed by atoms with Crippen molar-refractivity contribution in [2.45, 2.75) is 38.5 Å². The first-order valence-corrected chi connectivity index (χ1v) is 11.7. The topological polar surface area (TPSA) is 36.8 Å². The van der Waals surface area contributed by atoms with Crippen LogP contribution in [0, 0.1) is 0 Å². The largest absolute Gasteiger partial charge is 0.449 e. The summed E-state index contributed by atoms with van der Waals surface area (Å²) in [6, 6.07) is 8.31. The number of benzene rings is 1. The fraction of sp³-hybridized carbons (Fsp3) is 0.632.